The lowest BCUT2D eigenvalue weighted by Crippen LogP contribution is -2.45. The number of thiazole rings is 1. The molecule has 1 atom stereocenters. The molecule has 5 nitrogen and oxygen atoms in total. The number of nitrogens with zero attached hydrogens (tertiary/aromatic N) is 2. The van der Waals surface area contributed by atoms with Gasteiger partial charge in [-0.15, -0.1) is 22.7 Å². The van der Waals surface area contributed by atoms with Crippen LogP contribution in [0, 0.1) is 12.8 Å². The van der Waals surface area contributed by atoms with E-state index in [2.05, 4.69) is 10.3 Å². The van der Waals surface area contributed by atoms with Crippen molar-refractivity contribution in [2.75, 3.05) is 19.6 Å². The van der Waals surface area contributed by atoms with Gasteiger partial charge in [0.15, 0.2) is 0 Å². The third-order valence-corrected chi connectivity index (χ3v) is 5.84. The minimum Gasteiger partial charge on any atom is -0.355 e. The number of hydrogen-bond donors (Lipinski definition) is 1. The summed E-state index contributed by atoms with van der Waals surface area (Å²) in [5.41, 5.74) is 1.02. The van der Waals surface area contributed by atoms with Gasteiger partial charge in [0.1, 0.15) is 0 Å². The molecule has 1 fully saturated rings. The summed E-state index contributed by atoms with van der Waals surface area (Å²) in [6.45, 7) is 3.82. The molecule has 0 aliphatic carbocycles. The average Bonchev–Trinajstić information content (AvgIpc) is 3.26. The highest BCUT2D eigenvalue weighted by molar-refractivity contribution is 7.12. The Bertz CT molecular complexity index is 697. The zero-order valence-corrected chi connectivity index (χ0v) is 15.3. The van der Waals surface area contributed by atoms with Crippen LogP contribution in [0.5, 0.6) is 0 Å². The van der Waals surface area contributed by atoms with Crippen LogP contribution in [0.25, 0.3) is 0 Å². The molecule has 3 heterocycles. The topological polar surface area (TPSA) is 62.3 Å². The molecule has 1 aliphatic heterocycles. The predicted molar refractivity (Wildman–Crippen MR) is 96.5 cm³/mol. The second-order valence-corrected chi connectivity index (χ2v) is 7.98. The minimum atomic E-state index is -0.111. The maximum atomic E-state index is 12.4. The normalized spacial score (nSPS) is 17.7. The van der Waals surface area contributed by atoms with E-state index in [0.29, 0.717) is 13.1 Å². The first kappa shape index (κ1) is 17.1. The van der Waals surface area contributed by atoms with E-state index in [1.165, 1.54) is 11.3 Å². The van der Waals surface area contributed by atoms with Gasteiger partial charge in [-0.3, -0.25) is 9.59 Å². The second-order valence-electron chi connectivity index (χ2n) is 5.97. The van der Waals surface area contributed by atoms with E-state index in [-0.39, 0.29) is 17.7 Å². The summed E-state index contributed by atoms with van der Waals surface area (Å²) in [6, 6.07) is 3.72. The summed E-state index contributed by atoms with van der Waals surface area (Å²) in [4.78, 5) is 31.8. The Kier molecular flexibility index (Phi) is 5.63. The van der Waals surface area contributed by atoms with Crippen molar-refractivity contribution in [2.45, 2.75) is 26.2 Å². The zero-order chi connectivity index (χ0) is 16.9. The summed E-state index contributed by atoms with van der Waals surface area (Å²) < 4.78 is 0. The number of rotatable bonds is 5. The molecule has 2 amide bonds. The van der Waals surface area contributed by atoms with E-state index in [1.807, 2.05) is 34.7 Å². The van der Waals surface area contributed by atoms with Gasteiger partial charge in [-0.2, -0.15) is 0 Å². The Balaban J connectivity index is 1.48. The molecule has 2 aromatic heterocycles. The minimum absolute atomic E-state index is 0.0421. The third-order valence-electron chi connectivity index (χ3n) is 4.16. The molecule has 2 aromatic rings. The van der Waals surface area contributed by atoms with Gasteiger partial charge in [0.25, 0.3) is 5.91 Å². The van der Waals surface area contributed by atoms with Gasteiger partial charge in [-0.1, -0.05) is 6.07 Å². The van der Waals surface area contributed by atoms with Gasteiger partial charge in [0.2, 0.25) is 5.91 Å². The van der Waals surface area contributed by atoms with Crippen LogP contribution in [0.4, 0.5) is 0 Å². The van der Waals surface area contributed by atoms with Gasteiger partial charge in [0, 0.05) is 31.4 Å². The summed E-state index contributed by atoms with van der Waals surface area (Å²) in [6.07, 6.45) is 2.47. The molecule has 3 rings (SSSR count). The lowest BCUT2D eigenvalue weighted by Gasteiger charge is -2.31. The maximum absolute atomic E-state index is 12.4. The first-order valence-electron chi connectivity index (χ1n) is 8.15. The number of aryl methyl sites for hydroxylation is 1. The second kappa shape index (κ2) is 7.90. The molecule has 0 saturated carbocycles. The van der Waals surface area contributed by atoms with Crippen molar-refractivity contribution in [1.82, 2.24) is 15.2 Å². The number of thiophene rings is 1. The van der Waals surface area contributed by atoms with Crippen molar-refractivity contribution in [3.63, 3.8) is 0 Å². The number of piperidine rings is 1. The number of nitrogens with one attached hydrogen (secondary N) is 1. The van der Waals surface area contributed by atoms with Crippen molar-refractivity contribution in [1.29, 1.82) is 0 Å². The summed E-state index contributed by atoms with van der Waals surface area (Å²) in [5, 5.41) is 7.98. The predicted octanol–water partition coefficient (Wildman–Crippen LogP) is 2.72. The van der Waals surface area contributed by atoms with E-state index in [1.54, 1.807) is 11.3 Å². The monoisotopic (exact) mass is 363 g/mol. The van der Waals surface area contributed by atoms with E-state index in [0.717, 1.165) is 41.4 Å². The van der Waals surface area contributed by atoms with E-state index in [9.17, 15) is 9.59 Å². The summed E-state index contributed by atoms with van der Waals surface area (Å²) >= 11 is 3.08. The molecule has 0 spiro atoms. The molecular formula is C17H21N3O2S2. The molecule has 128 valence electrons. The largest absolute Gasteiger partial charge is 0.355 e. The van der Waals surface area contributed by atoms with Crippen LogP contribution in [0.2, 0.25) is 0 Å². The first-order valence-corrected chi connectivity index (χ1v) is 9.91. The molecule has 24 heavy (non-hydrogen) atoms. The van der Waals surface area contributed by atoms with Gasteiger partial charge < -0.3 is 10.2 Å². The molecular weight excluding hydrogens is 342 g/mol. The highest BCUT2D eigenvalue weighted by Crippen LogP contribution is 2.20. The molecule has 7 heteroatoms. The smallest absolute Gasteiger partial charge is 0.263 e. The highest BCUT2D eigenvalue weighted by atomic mass is 32.1. The molecule has 0 bridgehead atoms. The molecule has 1 saturated heterocycles. The van der Waals surface area contributed by atoms with Crippen LogP contribution >= 0.6 is 22.7 Å². The van der Waals surface area contributed by atoms with Gasteiger partial charge >= 0.3 is 0 Å². The third kappa shape index (κ3) is 4.21. The molecule has 0 aromatic carbocycles. The lowest BCUT2D eigenvalue weighted by atomic mass is 9.97. The van der Waals surface area contributed by atoms with Gasteiger partial charge in [-0.05, 0) is 31.2 Å². The molecule has 1 N–H and O–H groups in total. The Hall–Kier alpha value is -1.73. The number of hydrogen-bond acceptors (Lipinski definition) is 5. The van der Waals surface area contributed by atoms with Crippen molar-refractivity contribution in [3.05, 3.63) is 38.5 Å². The Morgan fingerprint density at radius 1 is 1.42 bits per heavy atom. The van der Waals surface area contributed by atoms with Crippen LogP contribution in [-0.4, -0.2) is 41.3 Å². The molecule has 0 radical (unpaired) electrons. The number of amides is 2. The van der Waals surface area contributed by atoms with Crippen LogP contribution in [0.1, 0.15) is 33.2 Å². The van der Waals surface area contributed by atoms with Crippen molar-refractivity contribution < 1.29 is 9.59 Å². The van der Waals surface area contributed by atoms with E-state index >= 15 is 0 Å². The highest BCUT2D eigenvalue weighted by Gasteiger charge is 2.29. The van der Waals surface area contributed by atoms with Gasteiger partial charge in [0.05, 0.1) is 21.5 Å². The number of carbonyl (C=O) groups is 2. The fourth-order valence-electron chi connectivity index (χ4n) is 2.91. The van der Waals surface area contributed by atoms with Gasteiger partial charge in [-0.25, -0.2) is 4.98 Å². The fraction of sp³-hybridized carbons (Fsp3) is 0.471. The van der Waals surface area contributed by atoms with E-state index < -0.39 is 0 Å². The van der Waals surface area contributed by atoms with Crippen LogP contribution < -0.4 is 5.32 Å². The fourth-order valence-corrected chi connectivity index (χ4v) is 4.25. The standard InChI is InChI=1S/C17H21N3O2S2/c1-12-19-14(11-24-12)6-7-18-16(21)13-4-2-8-20(10-13)17(22)15-5-3-9-23-15/h3,5,9,11,13H,2,4,6-8,10H2,1H3,(H,18,21)/t13-/m0/s1. The van der Waals surface area contributed by atoms with Crippen LogP contribution in [-0.2, 0) is 11.2 Å². The Morgan fingerprint density at radius 3 is 3.00 bits per heavy atom. The first-order chi connectivity index (χ1) is 11.6. The average molecular weight is 364 g/mol. The van der Waals surface area contributed by atoms with E-state index in [4.69, 9.17) is 0 Å². The number of likely N-dealkylation sites (tertiary alicyclic amines) is 1. The zero-order valence-electron chi connectivity index (χ0n) is 13.7. The van der Waals surface area contributed by atoms with Crippen molar-refractivity contribution in [3.8, 4) is 0 Å². The number of aromatic nitrogens is 1. The quantitative estimate of drug-likeness (QED) is 0.888. The van der Waals surface area contributed by atoms with Crippen molar-refractivity contribution in [2.24, 2.45) is 5.92 Å². The SMILES string of the molecule is Cc1nc(CCNC(=O)[C@H]2CCCN(C(=O)c3cccs3)C2)cs1. The molecule has 1 aliphatic rings. The van der Waals surface area contributed by atoms with Crippen LogP contribution in [0.15, 0.2) is 22.9 Å². The number of carbonyl (C=O) groups excluding carboxylic acids is 2. The Labute approximate surface area is 149 Å². The Morgan fingerprint density at radius 2 is 2.29 bits per heavy atom. The molecule has 0 unspecified atom stereocenters. The summed E-state index contributed by atoms with van der Waals surface area (Å²) in [5.74, 6) is -0.0223. The lowest BCUT2D eigenvalue weighted by molar-refractivity contribution is -0.126. The maximum Gasteiger partial charge on any atom is 0.263 e. The van der Waals surface area contributed by atoms with Crippen molar-refractivity contribution >= 4 is 34.5 Å². The van der Waals surface area contributed by atoms with Crippen LogP contribution in [0.3, 0.4) is 0 Å². The summed E-state index contributed by atoms with van der Waals surface area (Å²) in [7, 11) is 0.